The van der Waals surface area contributed by atoms with E-state index in [1.807, 2.05) is 33.9 Å². The van der Waals surface area contributed by atoms with Crippen molar-refractivity contribution in [3.05, 3.63) is 12.4 Å². The number of carbonyl (C=O) groups is 1. The molecule has 1 aromatic heterocycles. The van der Waals surface area contributed by atoms with Crippen LogP contribution in [0.4, 0.5) is 5.82 Å². The lowest BCUT2D eigenvalue weighted by molar-refractivity contribution is -0.111. The highest BCUT2D eigenvalue weighted by atomic mass is 16.7. The molecule has 0 aromatic carbocycles. The van der Waals surface area contributed by atoms with Crippen LogP contribution in [0.25, 0.3) is 0 Å². The lowest BCUT2D eigenvalue weighted by Gasteiger charge is -2.32. The van der Waals surface area contributed by atoms with Crippen molar-refractivity contribution in [2.75, 3.05) is 18.0 Å². The summed E-state index contributed by atoms with van der Waals surface area (Å²) in [6, 6.07) is 0. The zero-order valence-corrected chi connectivity index (χ0v) is 16.9. The standard InChI is InChI=1S/C19H29BN4O3/c1-17(2)18(3,4)27-20(26-17)15-8-22-16(9-21-15)24-10-13-6-19(5,23-12-25)7-14(13)11-24/h8-9,12-14H,6-7,10-11H2,1-5H3,(H,23,25)/t13-,14+,19?. The van der Waals surface area contributed by atoms with E-state index in [4.69, 9.17) is 9.31 Å². The second-order valence-electron chi connectivity index (χ2n) is 9.54. The van der Waals surface area contributed by atoms with Crippen LogP contribution in [0.2, 0.25) is 0 Å². The number of anilines is 1. The first-order valence-corrected chi connectivity index (χ1v) is 9.76. The van der Waals surface area contributed by atoms with E-state index < -0.39 is 7.12 Å². The SMILES string of the molecule is CC1(NC=O)C[C@H]2CN(c3cnc(B4OC(C)(C)C(C)(C)O4)cn3)C[C@H]2C1. The molecule has 4 rings (SSSR count). The number of amides is 1. The fourth-order valence-electron chi connectivity index (χ4n) is 4.67. The van der Waals surface area contributed by atoms with Gasteiger partial charge in [0.2, 0.25) is 6.41 Å². The first-order chi connectivity index (χ1) is 12.6. The molecular weight excluding hydrogens is 343 g/mol. The van der Waals surface area contributed by atoms with E-state index in [1.54, 1.807) is 6.20 Å². The Morgan fingerprint density at radius 3 is 2.15 bits per heavy atom. The van der Waals surface area contributed by atoms with Gasteiger partial charge in [0.25, 0.3) is 0 Å². The van der Waals surface area contributed by atoms with Crippen LogP contribution >= 0.6 is 0 Å². The van der Waals surface area contributed by atoms with Crippen LogP contribution in [0, 0.1) is 11.8 Å². The second-order valence-corrected chi connectivity index (χ2v) is 9.54. The normalized spacial score (nSPS) is 34.0. The van der Waals surface area contributed by atoms with Gasteiger partial charge in [0.1, 0.15) is 5.82 Å². The Morgan fingerprint density at radius 1 is 1.07 bits per heavy atom. The molecule has 2 saturated heterocycles. The summed E-state index contributed by atoms with van der Waals surface area (Å²) in [5.41, 5.74) is -0.117. The molecule has 27 heavy (non-hydrogen) atoms. The van der Waals surface area contributed by atoms with Gasteiger partial charge in [-0.1, -0.05) is 0 Å². The Kier molecular flexibility index (Phi) is 4.27. The number of carbonyl (C=O) groups excluding carboxylic acids is 1. The molecule has 8 heteroatoms. The summed E-state index contributed by atoms with van der Waals surface area (Å²) >= 11 is 0. The van der Waals surface area contributed by atoms with E-state index in [9.17, 15) is 4.79 Å². The molecule has 7 nitrogen and oxygen atoms in total. The number of hydrogen-bond acceptors (Lipinski definition) is 6. The Hall–Kier alpha value is -1.67. The third-order valence-electron chi connectivity index (χ3n) is 6.89. The molecule has 1 amide bonds. The minimum Gasteiger partial charge on any atom is -0.398 e. The highest BCUT2D eigenvalue weighted by molar-refractivity contribution is 6.61. The number of hydrogen-bond donors (Lipinski definition) is 1. The molecule has 0 spiro atoms. The van der Waals surface area contributed by atoms with Crippen molar-refractivity contribution in [1.29, 1.82) is 0 Å². The van der Waals surface area contributed by atoms with E-state index in [1.165, 1.54) is 0 Å². The smallest absolute Gasteiger partial charge is 0.398 e. The minimum absolute atomic E-state index is 0.0601. The predicted molar refractivity (Wildman–Crippen MR) is 104 cm³/mol. The molecule has 1 saturated carbocycles. The van der Waals surface area contributed by atoms with Gasteiger partial charge in [-0.2, -0.15) is 0 Å². The maximum atomic E-state index is 10.8. The van der Waals surface area contributed by atoms with Crippen molar-refractivity contribution < 1.29 is 14.1 Å². The molecule has 3 heterocycles. The molecule has 146 valence electrons. The van der Waals surface area contributed by atoms with Crippen molar-refractivity contribution in [1.82, 2.24) is 15.3 Å². The summed E-state index contributed by atoms with van der Waals surface area (Å²) in [4.78, 5) is 22.3. The highest BCUT2D eigenvalue weighted by Gasteiger charge is 2.52. The number of fused-ring (bicyclic) bond motifs is 1. The van der Waals surface area contributed by atoms with Gasteiger partial charge < -0.3 is 19.5 Å². The van der Waals surface area contributed by atoms with E-state index in [2.05, 4.69) is 27.1 Å². The molecule has 1 aromatic rings. The molecule has 3 atom stereocenters. The summed E-state index contributed by atoms with van der Waals surface area (Å²) < 4.78 is 12.1. The van der Waals surface area contributed by atoms with E-state index in [0.29, 0.717) is 17.4 Å². The van der Waals surface area contributed by atoms with Crippen molar-refractivity contribution in [2.45, 2.75) is 64.2 Å². The molecule has 3 fully saturated rings. The maximum Gasteiger partial charge on any atom is 0.516 e. The van der Waals surface area contributed by atoms with Crippen LogP contribution < -0.4 is 15.8 Å². The summed E-state index contributed by atoms with van der Waals surface area (Å²) in [7, 11) is -0.482. The molecular formula is C19H29BN4O3. The molecule has 2 aliphatic heterocycles. The lowest BCUT2D eigenvalue weighted by Crippen LogP contribution is -2.41. The van der Waals surface area contributed by atoms with Crippen molar-refractivity contribution in [3.63, 3.8) is 0 Å². The summed E-state index contributed by atoms with van der Waals surface area (Å²) in [6.07, 6.45) is 6.46. The maximum absolute atomic E-state index is 10.8. The Balaban J connectivity index is 1.41. The molecule has 1 aliphatic carbocycles. The fourth-order valence-corrected chi connectivity index (χ4v) is 4.67. The van der Waals surface area contributed by atoms with Gasteiger partial charge in [0, 0.05) is 24.8 Å². The summed E-state index contributed by atoms with van der Waals surface area (Å²) in [5.74, 6) is 2.08. The second kappa shape index (κ2) is 6.17. The average Bonchev–Trinajstić information content (AvgIpc) is 3.15. The number of aromatic nitrogens is 2. The van der Waals surface area contributed by atoms with Crippen LogP contribution in [0.5, 0.6) is 0 Å². The third kappa shape index (κ3) is 3.23. The Morgan fingerprint density at radius 2 is 1.67 bits per heavy atom. The Bertz CT molecular complexity index is 694. The zero-order chi connectivity index (χ0) is 19.4. The van der Waals surface area contributed by atoms with Gasteiger partial charge in [0.05, 0.1) is 23.0 Å². The van der Waals surface area contributed by atoms with Crippen molar-refractivity contribution in [3.8, 4) is 0 Å². The van der Waals surface area contributed by atoms with Gasteiger partial charge in [-0.3, -0.25) is 9.78 Å². The van der Waals surface area contributed by atoms with Crippen LogP contribution in [-0.4, -0.2) is 53.3 Å². The van der Waals surface area contributed by atoms with Crippen LogP contribution in [0.1, 0.15) is 47.5 Å². The first kappa shape index (κ1) is 18.7. The van der Waals surface area contributed by atoms with Gasteiger partial charge in [-0.05, 0) is 59.3 Å². The number of rotatable bonds is 4. The number of nitrogens with zero attached hydrogens (tertiary/aromatic N) is 3. The van der Waals surface area contributed by atoms with Gasteiger partial charge in [0.15, 0.2) is 0 Å². The molecule has 0 bridgehead atoms. The van der Waals surface area contributed by atoms with Crippen molar-refractivity contribution >= 4 is 24.9 Å². The third-order valence-corrected chi connectivity index (χ3v) is 6.89. The van der Waals surface area contributed by atoms with Crippen molar-refractivity contribution in [2.24, 2.45) is 11.8 Å². The summed E-state index contributed by atoms with van der Waals surface area (Å²) in [5, 5.41) is 3.00. The lowest BCUT2D eigenvalue weighted by atomic mass is 9.85. The topological polar surface area (TPSA) is 76.6 Å². The Labute approximate surface area is 161 Å². The number of nitrogens with one attached hydrogen (secondary N) is 1. The highest BCUT2D eigenvalue weighted by Crippen LogP contribution is 2.44. The van der Waals surface area contributed by atoms with Crippen LogP contribution in [0.15, 0.2) is 12.4 Å². The predicted octanol–water partition coefficient (Wildman–Crippen LogP) is 1.13. The van der Waals surface area contributed by atoms with E-state index >= 15 is 0 Å². The largest absolute Gasteiger partial charge is 0.516 e. The molecule has 1 N–H and O–H groups in total. The average molecular weight is 372 g/mol. The van der Waals surface area contributed by atoms with E-state index in [0.717, 1.165) is 38.2 Å². The zero-order valence-electron chi connectivity index (χ0n) is 16.9. The first-order valence-electron chi connectivity index (χ1n) is 9.76. The van der Waals surface area contributed by atoms with E-state index in [-0.39, 0.29) is 16.7 Å². The molecule has 0 radical (unpaired) electrons. The fraction of sp³-hybridized carbons (Fsp3) is 0.737. The van der Waals surface area contributed by atoms with Gasteiger partial charge in [-0.25, -0.2) is 4.98 Å². The monoisotopic (exact) mass is 372 g/mol. The minimum atomic E-state index is -0.482. The van der Waals surface area contributed by atoms with Gasteiger partial charge in [-0.15, -0.1) is 0 Å². The molecule has 3 aliphatic rings. The summed E-state index contributed by atoms with van der Waals surface area (Å²) in [6.45, 7) is 12.2. The van der Waals surface area contributed by atoms with Crippen LogP contribution in [0.3, 0.4) is 0 Å². The van der Waals surface area contributed by atoms with Gasteiger partial charge >= 0.3 is 7.12 Å². The molecule has 1 unspecified atom stereocenters. The quantitative estimate of drug-likeness (QED) is 0.631. The van der Waals surface area contributed by atoms with Crippen LogP contribution in [-0.2, 0) is 14.1 Å².